The van der Waals surface area contributed by atoms with Crippen LogP contribution >= 0.6 is 0 Å². The molecule has 0 aliphatic heterocycles. The minimum absolute atomic E-state index is 0.0159. The number of carbonyl (C=O) groups excluding carboxylic acids is 1. The molecule has 0 atom stereocenters. The lowest BCUT2D eigenvalue weighted by molar-refractivity contribution is -0.128. The average molecular weight is 374 g/mol. The van der Waals surface area contributed by atoms with Crippen LogP contribution in [0.25, 0.3) is 11.0 Å². The van der Waals surface area contributed by atoms with E-state index < -0.39 is 15.9 Å². The number of nitrogens with one attached hydrogen (secondary N) is 1. The van der Waals surface area contributed by atoms with Crippen molar-refractivity contribution in [2.75, 3.05) is 7.05 Å². The first-order chi connectivity index (χ1) is 12.4. The molecule has 2 aromatic carbocycles. The van der Waals surface area contributed by atoms with Crippen LogP contribution in [0.2, 0.25) is 0 Å². The summed E-state index contributed by atoms with van der Waals surface area (Å²) in [7, 11) is -2.40. The molecule has 8 heteroatoms. The van der Waals surface area contributed by atoms with Gasteiger partial charge in [-0.05, 0) is 23.8 Å². The largest absolute Gasteiger partial charge is 0.460 e. The number of para-hydroxylation sites is 1. The molecule has 7 nitrogen and oxygen atoms in total. The smallest absolute Gasteiger partial charge is 0.247 e. The second-order valence-corrected chi connectivity index (χ2v) is 7.84. The summed E-state index contributed by atoms with van der Waals surface area (Å²) >= 11 is 0. The summed E-state index contributed by atoms with van der Waals surface area (Å²) in [5.41, 5.74) is 2.50. The zero-order valence-corrected chi connectivity index (χ0v) is 14.9. The van der Waals surface area contributed by atoms with Gasteiger partial charge >= 0.3 is 0 Å². The molecule has 0 unspecified atom stereocenters. The van der Waals surface area contributed by atoms with Crippen molar-refractivity contribution in [3.05, 3.63) is 65.9 Å². The molecule has 26 heavy (non-hydrogen) atoms. The Morgan fingerprint density at radius 2 is 1.85 bits per heavy atom. The quantitative estimate of drug-likeness (QED) is 0.509. The maximum absolute atomic E-state index is 12.9. The van der Waals surface area contributed by atoms with Crippen LogP contribution in [0.15, 0.2) is 63.9 Å². The van der Waals surface area contributed by atoms with Gasteiger partial charge in [-0.15, -0.1) is 0 Å². The van der Waals surface area contributed by atoms with E-state index in [9.17, 15) is 13.2 Å². The van der Waals surface area contributed by atoms with E-state index >= 15 is 0 Å². The topological polar surface area (TPSA) is 99.9 Å². The van der Waals surface area contributed by atoms with Gasteiger partial charge in [0.05, 0.1) is 17.9 Å². The number of hydroxylamine groups is 1. The van der Waals surface area contributed by atoms with Crippen LogP contribution in [0, 0.1) is 0 Å². The van der Waals surface area contributed by atoms with E-state index in [1.807, 2.05) is 24.3 Å². The second-order valence-electron chi connectivity index (χ2n) is 5.83. The Balaban J connectivity index is 1.88. The van der Waals surface area contributed by atoms with Crippen LogP contribution in [0.1, 0.15) is 11.3 Å². The summed E-state index contributed by atoms with van der Waals surface area (Å²) in [5, 5.41) is 9.59. The van der Waals surface area contributed by atoms with Crippen molar-refractivity contribution in [2.24, 2.45) is 0 Å². The van der Waals surface area contributed by atoms with E-state index in [1.54, 1.807) is 18.2 Å². The third-order valence-electron chi connectivity index (χ3n) is 3.99. The Morgan fingerprint density at radius 3 is 2.58 bits per heavy atom. The predicted octanol–water partition coefficient (Wildman–Crippen LogP) is 2.30. The number of sulfonamides is 1. The average Bonchev–Trinajstić information content (AvgIpc) is 3.04. The Labute approximate surface area is 150 Å². The Morgan fingerprint density at radius 1 is 1.15 bits per heavy atom. The molecule has 0 fully saturated rings. The van der Waals surface area contributed by atoms with E-state index in [1.165, 1.54) is 29.0 Å². The summed E-state index contributed by atoms with van der Waals surface area (Å²) < 4.78 is 32.7. The molecule has 0 aliphatic carbocycles. The maximum Gasteiger partial charge on any atom is 0.247 e. The molecular weight excluding hydrogens is 356 g/mol. The minimum Gasteiger partial charge on any atom is -0.460 e. The molecule has 0 spiro atoms. The molecular formula is C18H18N2O5S. The predicted molar refractivity (Wildman–Crippen MR) is 94.9 cm³/mol. The summed E-state index contributed by atoms with van der Waals surface area (Å²) in [4.78, 5) is 11.5. The third-order valence-corrected chi connectivity index (χ3v) is 5.90. The Hall–Kier alpha value is -2.68. The van der Waals surface area contributed by atoms with E-state index in [-0.39, 0.29) is 17.9 Å². The summed E-state index contributed by atoms with van der Waals surface area (Å²) in [6.45, 7) is 0.0531. The highest BCUT2D eigenvalue weighted by molar-refractivity contribution is 7.89. The lowest BCUT2D eigenvalue weighted by Crippen LogP contribution is -2.28. The molecule has 0 aliphatic rings. The highest BCUT2D eigenvalue weighted by Gasteiger charge is 2.25. The summed E-state index contributed by atoms with van der Waals surface area (Å²) in [6.07, 6.45) is -0.246. The van der Waals surface area contributed by atoms with Crippen LogP contribution in [-0.2, 0) is 27.8 Å². The molecule has 3 rings (SSSR count). The highest BCUT2D eigenvalue weighted by atomic mass is 32.2. The highest BCUT2D eigenvalue weighted by Crippen LogP contribution is 2.24. The lowest BCUT2D eigenvalue weighted by Gasteiger charge is -2.18. The van der Waals surface area contributed by atoms with Gasteiger partial charge < -0.3 is 4.42 Å². The van der Waals surface area contributed by atoms with Gasteiger partial charge in [0.25, 0.3) is 0 Å². The molecule has 1 aromatic heterocycles. The van der Waals surface area contributed by atoms with E-state index in [0.717, 1.165) is 5.39 Å². The van der Waals surface area contributed by atoms with Crippen molar-refractivity contribution < 1.29 is 22.8 Å². The molecule has 136 valence electrons. The number of benzene rings is 2. The van der Waals surface area contributed by atoms with Crippen molar-refractivity contribution in [1.82, 2.24) is 9.79 Å². The van der Waals surface area contributed by atoms with Crippen LogP contribution in [0.4, 0.5) is 0 Å². The molecule has 0 bridgehead atoms. The van der Waals surface area contributed by atoms with Crippen molar-refractivity contribution in [3.8, 4) is 0 Å². The number of carbonyl (C=O) groups is 1. The second kappa shape index (κ2) is 7.28. The number of rotatable bonds is 6. The summed E-state index contributed by atoms with van der Waals surface area (Å²) in [6, 6.07) is 15.4. The van der Waals surface area contributed by atoms with Crippen LogP contribution in [-0.4, -0.2) is 30.9 Å². The van der Waals surface area contributed by atoms with Gasteiger partial charge in [0, 0.05) is 12.4 Å². The zero-order valence-electron chi connectivity index (χ0n) is 14.0. The summed E-state index contributed by atoms with van der Waals surface area (Å²) in [5.74, 6) is -0.171. The molecule has 0 radical (unpaired) electrons. The van der Waals surface area contributed by atoms with Crippen LogP contribution in [0.5, 0.6) is 0 Å². The molecule has 2 N–H and O–H groups in total. The van der Waals surface area contributed by atoms with Crippen molar-refractivity contribution in [3.63, 3.8) is 0 Å². The number of nitrogens with zero attached hydrogens (tertiary/aromatic N) is 1. The van der Waals surface area contributed by atoms with Crippen LogP contribution < -0.4 is 5.48 Å². The molecule has 1 amide bonds. The third kappa shape index (κ3) is 3.62. The van der Waals surface area contributed by atoms with Gasteiger partial charge in [0.15, 0.2) is 0 Å². The zero-order chi connectivity index (χ0) is 18.7. The first kappa shape index (κ1) is 18.1. The van der Waals surface area contributed by atoms with Crippen molar-refractivity contribution in [1.29, 1.82) is 0 Å². The minimum atomic E-state index is -3.85. The van der Waals surface area contributed by atoms with Gasteiger partial charge in [0.1, 0.15) is 11.3 Å². The number of amides is 1. The van der Waals surface area contributed by atoms with Crippen molar-refractivity contribution >= 4 is 26.9 Å². The first-order valence-corrected chi connectivity index (χ1v) is 9.30. The normalized spacial score (nSPS) is 11.8. The SMILES string of the molecule is CN(Cc1cc2ccccc2o1)S(=O)(=O)c1ccccc1CC(=O)NO. The lowest BCUT2D eigenvalue weighted by atomic mass is 10.1. The van der Waals surface area contributed by atoms with E-state index in [2.05, 4.69) is 0 Å². The fourth-order valence-electron chi connectivity index (χ4n) is 2.70. The maximum atomic E-state index is 12.9. The number of hydrogen-bond donors (Lipinski definition) is 2. The van der Waals surface area contributed by atoms with Gasteiger partial charge in [-0.2, -0.15) is 4.31 Å². The first-order valence-electron chi connectivity index (χ1n) is 7.86. The van der Waals surface area contributed by atoms with Gasteiger partial charge in [-0.3, -0.25) is 10.0 Å². The monoisotopic (exact) mass is 374 g/mol. The Bertz CT molecular complexity index is 1010. The van der Waals surface area contributed by atoms with Gasteiger partial charge in [-0.25, -0.2) is 13.9 Å². The Kier molecular flexibility index (Phi) is 5.08. The van der Waals surface area contributed by atoms with Gasteiger partial charge in [0.2, 0.25) is 15.9 Å². The fraction of sp³-hybridized carbons (Fsp3) is 0.167. The van der Waals surface area contributed by atoms with Gasteiger partial charge in [-0.1, -0.05) is 36.4 Å². The number of furan rings is 1. The number of fused-ring (bicyclic) bond motifs is 1. The number of hydrogen-bond acceptors (Lipinski definition) is 5. The van der Waals surface area contributed by atoms with E-state index in [4.69, 9.17) is 9.62 Å². The molecule has 0 saturated heterocycles. The van der Waals surface area contributed by atoms with Crippen molar-refractivity contribution in [2.45, 2.75) is 17.9 Å². The van der Waals surface area contributed by atoms with E-state index in [0.29, 0.717) is 16.9 Å². The molecule has 3 aromatic rings. The fourth-order valence-corrected chi connectivity index (χ4v) is 4.06. The standard InChI is InChI=1S/C18H18N2O5S/c1-20(12-15-10-13-6-2-4-8-16(13)25-15)26(23,24)17-9-5-3-7-14(17)11-18(21)19-22/h2-10,22H,11-12H2,1H3,(H,19,21). The molecule has 1 heterocycles. The van der Waals surface area contributed by atoms with Crippen LogP contribution in [0.3, 0.4) is 0 Å². The molecule has 0 saturated carbocycles.